The van der Waals surface area contributed by atoms with Crippen molar-refractivity contribution < 1.29 is 48.3 Å². The maximum Gasteiger partial charge on any atom is 0.342 e. The Morgan fingerprint density at radius 3 is 1.91 bits per heavy atom. The van der Waals surface area contributed by atoms with E-state index in [9.17, 15) is 14.4 Å². The minimum absolute atomic E-state index is 0. The first kappa shape index (κ1) is 27.0. The summed E-state index contributed by atoms with van der Waals surface area (Å²) in [5, 5.41) is -1.20. The Hall–Kier alpha value is -2.27. The molecule has 0 amide bonds. The molecule has 0 radical (unpaired) electrons. The van der Waals surface area contributed by atoms with Crippen LogP contribution in [0.4, 0.5) is 0 Å². The van der Waals surface area contributed by atoms with Crippen molar-refractivity contribution >= 4 is 7.60 Å². The molecule has 33 heavy (non-hydrogen) atoms. The number of hydrogen-bond donors (Lipinski definition) is 2. The molecule has 2 aromatic heterocycles. The third-order valence-corrected chi connectivity index (χ3v) is 7.55. The van der Waals surface area contributed by atoms with Crippen LogP contribution < -0.4 is 33.9 Å². The van der Waals surface area contributed by atoms with Crippen molar-refractivity contribution in [1.29, 1.82) is 0 Å². The molecular weight excluding hydrogens is 478 g/mol. The van der Waals surface area contributed by atoms with Crippen molar-refractivity contribution in [2.75, 3.05) is 0 Å². The predicted molar refractivity (Wildman–Crippen MR) is 121 cm³/mol. The molecule has 1 aliphatic rings. The average Bonchev–Trinajstić information content (AvgIpc) is 2.75. The second kappa shape index (κ2) is 10.8. The fraction of sp³-hybridized carbons (Fsp3) is 0.200. The van der Waals surface area contributed by atoms with Crippen molar-refractivity contribution in [3.8, 4) is 16.8 Å². The SMILES string of the molecule is Cc1cccc(C)c1-[n+]1ccc(-c2cc[n+](CC3(P(=O)(O)O)C=CC=CC3)cc2)cc1.[Cl-].[Cl-]. The standard InChI is InChI=1S/C25H25N2O3P.2ClH/c1-20-7-6-8-21(2)24(20)27-17-11-23(12-18-27)22-9-15-26(16-10-22)19-25(31(28,29)30)13-4-3-5-14-25;;/h3-13,15-18H,14,19H2,1-2H3;2*1H. The Kier molecular flexibility index (Phi) is 8.81. The van der Waals surface area contributed by atoms with Crippen LogP contribution in [-0.4, -0.2) is 14.9 Å². The lowest BCUT2D eigenvalue weighted by atomic mass is 9.99. The average molecular weight is 505 g/mol. The van der Waals surface area contributed by atoms with E-state index in [1.165, 1.54) is 16.8 Å². The molecule has 0 spiro atoms. The van der Waals surface area contributed by atoms with Crippen molar-refractivity contribution in [3.05, 3.63) is 103 Å². The zero-order valence-electron chi connectivity index (χ0n) is 18.5. The van der Waals surface area contributed by atoms with Crippen LogP contribution in [0.1, 0.15) is 17.5 Å². The third kappa shape index (κ3) is 5.63. The van der Waals surface area contributed by atoms with Crippen LogP contribution in [0.3, 0.4) is 0 Å². The second-order valence-electron chi connectivity index (χ2n) is 8.13. The van der Waals surface area contributed by atoms with Crippen LogP contribution in [0.5, 0.6) is 0 Å². The highest BCUT2D eigenvalue weighted by Gasteiger charge is 2.48. The van der Waals surface area contributed by atoms with Crippen LogP contribution in [0.25, 0.3) is 16.8 Å². The summed E-state index contributed by atoms with van der Waals surface area (Å²) in [6.45, 7) is 4.45. The molecule has 0 aliphatic heterocycles. The third-order valence-electron chi connectivity index (χ3n) is 5.91. The fourth-order valence-corrected chi connectivity index (χ4v) is 5.10. The first-order chi connectivity index (χ1) is 14.8. The van der Waals surface area contributed by atoms with Gasteiger partial charge in [-0.2, -0.15) is 4.57 Å². The summed E-state index contributed by atoms with van der Waals surface area (Å²) in [6, 6.07) is 14.4. The molecule has 0 saturated carbocycles. The Morgan fingerprint density at radius 2 is 1.42 bits per heavy atom. The molecule has 0 saturated heterocycles. The molecule has 3 aromatic rings. The maximum atomic E-state index is 12.2. The van der Waals surface area contributed by atoms with Gasteiger partial charge in [0, 0.05) is 35.4 Å². The lowest BCUT2D eigenvalue weighted by molar-refractivity contribution is -0.699. The van der Waals surface area contributed by atoms with E-state index < -0.39 is 12.8 Å². The van der Waals surface area contributed by atoms with E-state index in [0.717, 1.165) is 11.1 Å². The Balaban J connectivity index is 0.00000193. The van der Waals surface area contributed by atoms with Gasteiger partial charge in [-0.05, 0) is 31.4 Å². The number of aryl methyl sites for hydroxylation is 2. The minimum atomic E-state index is -4.31. The second-order valence-corrected chi connectivity index (χ2v) is 10.1. The highest BCUT2D eigenvalue weighted by Crippen LogP contribution is 2.54. The normalized spacial score (nSPS) is 17.2. The van der Waals surface area contributed by atoms with Gasteiger partial charge in [-0.1, -0.05) is 42.5 Å². The van der Waals surface area contributed by atoms with Crippen LogP contribution >= 0.6 is 7.60 Å². The number of rotatable bonds is 5. The van der Waals surface area contributed by atoms with Crippen molar-refractivity contribution in [2.45, 2.75) is 32.0 Å². The van der Waals surface area contributed by atoms with Gasteiger partial charge in [0.1, 0.15) is 0 Å². The van der Waals surface area contributed by atoms with E-state index in [1.54, 1.807) is 12.2 Å². The van der Waals surface area contributed by atoms with Gasteiger partial charge >= 0.3 is 7.60 Å². The highest BCUT2D eigenvalue weighted by atomic mass is 35.5. The van der Waals surface area contributed by atoms with Gasteiger partial charge in [0.05, 0.1) is 0 Å². The molecule has 1 aromatic carbocycles. The van der Waals surface area contributed by atoms with E-state index in [-0.39, 0.29) is 31.4 Å². The van der Waals surface area contributed by atoms with Gasteiger partial charge < -0.3 is 34.6 Å². The molecule has 5 nitrogen and oxygen atoms in total. The molecule has 8 heteroatoms. The summed E-state index contributed by atoms with van der Waals surface area (Å²) in [7, 11) is -4.31. The van der Waals surface area contributed by atoms with Crippen LogP contribution in [0.15, 0.2) is 91.6 Å². The Morgan fingerprint density at radius 1 is 0.879 bits per heavy atom. The zero-order chi connectivity index (χ0) is 22.1. The number of halogens is 2. The van der Waals surface area contributed by atoms with Crippen LogP contribution in [0.2, 0.25) is 0 Å². The lowest BCUT2D eigenvalue weighted by Crippen LogP contribution is -3.00. The summed E-state index contributed by atoms with van der Waals surface area (Å²) in [5.41, 5.74) is 5.78. The molecule has 1 atom stereocenters. The molecule has 1 unspecified atom stereocenters. The van der Waals surface area contributed by atoms with E-state index in [0.29, 0.717) is 6.42 Å². The Labute approximate surface area is 207 Å². The molecule has 2 N–H and O–H groups in total. The quantitative estimate of drug-likeness (QED) is 0.311. The van der Waals surface area contributed by atoms with E-state index in [1.807, 2.05) is 41.2 Å². The monoisotopic (exact) mass is 504 g/mol. The van der Waals surface area contributed by atoms with Gasteiger partial charge in [0.25, 0.3) is 0 Å². The minimum Gasteiger partial charge on any atom is -1.00 e. The van der Waals surface area contributed by atoms with E-state index >= 15 is 0 Å². The molecule has 4 rings (SSSR count). The molecule has 174 valence electrons. The summed E-state index contributed by atoms with van der Waals surface area (Å²) in [4.78, 5) is 19.9. The summed E-state index contributed by atoms with van der Waals surface area (Å²) >= 11 is 0. The molecule has 1 aliphatic carbocycles. The molecule has 2 heterocycles. The van der Waals surface area contributed by atoms with E-state index in [2.05, 4.69) is 61.1 Å². The first-order valence-electron chi connectivity index (χ1n) is 10.3. The number of aromatic nitrogens is 2. The lowest BCUT2D eigenvalue weighted by Gasteiger charge is -2.28. The van der Waals surface area contributed by atoms with Crippen molar-refractivity contribution in [1.82, 2.24) is 0 Å². The number of nitrogens with zero attached hydrogens (tertiary/aromatic N) is 2. The smallest absolute Gasteiger partial charge is 0.342 e. The fourth-order valence-electron chi connectivity index (χ4n) is 4.13. The van der Waals surface area contributed by atoms with Gasteiger partial charge in [-0.3, -0.25) is 4.57 Å². The largest absolute Gasteiger partial charge is 1.00 e. The number of benzene rings is 1. The number of para-hydroxylation sites is 1. The molecule has 0 bridgehead atoms. The van der Waals surface area contributed by atoms with Crippen molar-refractivity contribution in [3.63, 3.8) is 0 Å². The first-order valence-corrected chi connectivity index (χ1v) is 11.9. The summed E-state index contributed by atoms with van der Waals surface area (Å²) < 4.78 is 16.2. The Bertz CT molecular complexity index is 1190. The number of allylic oxidation sites excluding steroid dienone is 4. The molecular formula is C25H27Cl2N2O3P. The number of pyridine rings is 2. The van der Waals surface area contributed by atoms with Crippen molar-refractivity contribution in [2.24, 2.45) is 0 Å². The maximum absolute atomic E-state index is 12.2. The number of hydrogen-bond acceptors (Lipinski definition) is 1. The van der Waals surface area contributed by atoms with Gasteiger partial charge in [0.15, 0.2) is 36.5 Å². The topological polar surface area (TPSA) is 65.3 Å². The van der Waals surface area contributed by atoms with Gasteiger partial charge in [-0.15, -0.1) is 0 Å². The van der Waals surface area contributed by atoms with Crippen LogP contribution in [-0.2, 0) is 11.1 Å². The molecule has 0 fully saturated rings. The predicted octanol–water partition coefficient (Wildman–Crippen LogP) is -2.02. The van der Waals surface area contributed by atoms with E-state index in [4.69, 9.17) is 0 Å². The highest BCUT2D eigenvalue weighted by molar-refractivity contribution is 7.53. The zero-order valence-corrected chi connectivity index (χ0v) is 20.9. The van der Waals surface area contributed by atoms with Gasteiger partial charge in [-0.25, -0.2) is 4.57 Å². The summed E-state index contributed by atoms with van der Waals surface area (Å²) in [5.74, 6) is 0. The van der Waals surface area contributed by atoms with Crippen LogP contribution in [0, 0.1) is 13.8 Å². The van der Waals surface area contributed by atoms with Gasteiger partial charge in [0.2, 0.25) is 5.69 Å². The summed E-state index contributed by atoms with van der Waals surface area (Å²) in [6.07, 6.45) is 15.2.